The number of aryl methyl sites for hydroxylation is 1. The second kappa shape index (κ2) is 5.61. The Morgan fingerprint density at radius 2 is 2.00 bits per heavy atom. The van der Waals surface area contributed by atoms with Crippen LogP contribution >= 0.6 is 11.6 Å². The van der Waals surface area contributed by atoms with Crippen LogP contribution in [0.2, 0.25) is 5.02 Å². The molecule has 7 nitrogen and oxygen atoms in total. The predicted molar refractivity (Wildman–Crippen MR) is 91.4 cm³/mol. The third-order valence-corrected chi connectivity index (χ3v) is 4.17. The third kappa shape index (κ3) is 2.13. The highest BCUT2D eigenvalue weighted by atomic mass is 35.5. The van der Waals surface area contributed by atoms with Crippen molar-refractivity contribution < 1.29 is 4.63 Å². The van der Waals surface area contributed by atoms with Gasteiger partial charge in [-0.2, -0.15) is 0 Å². The number of benzene rings is 1. The molecule has 2 N–H and O–H groups in total. The van der Waals surface area contributed by atoms with Crippen LogP contribution in [-0.2, 0) is 6.54 Å². The maximum atomic E-state index is 6.33. The molecule has 4 aromatic rings. The van der Waals surface area contributed by atoms with Crippen molar-refractivity contribution in [1.82, 2.24) is 24.8 Å². The zero-order chi connectivity index (χ0) is 16.7. The Kier molecular flexibility index (Phi) is 3.42. The van der Waals surface area contributed by atoms with E-state index in [1.807, 2.05) is 41.8 Å². The predicted octanol–water partition coefficient (Wildman–Crippen LogP) is 3.40. The maximum absolute atomic E-state index is 6.33. The number of hydrogen-bond donors (Lipinski definition) is 1. The molecule has 0 fully saturated rings. The molecule has 0 aliphatic rings. The van der Waals surface area contributed by atoms with Crippen LogP contribution < -0.4 is 5.73 Å². The van der Waals surface area contributed by atoms with Crippen LogP contribution in [0.4, 0.5) is 5.82 Å². The van der Waals surface area contributed by atoms with Crippen molar-refractivity contribution >= 4 is 28.5 Å². The van der Waals surface area contributed by atoms with Gasteiger partial charge < -0.3 is 10.3 Å². The fourth-order valence-corrected chi connectivity index (χ4v) is 2.98. The van der Waals surface area contributed by atoms with Gasteiger partial charge in [-0.3, -0.25) is 4.98 Å². The smallest absolute Gasteiger partial charge is 0.199 e. The maximum Gasteiger partial charge on any atom is 0.199 e. The van der Waals surface area contributed by atoms with Gasteiger partial charge in [-0.25, -0.2) is 9.61 Å². The molecule has 24 heavy (non-hydrogen) atoms. The largest absolute Gasteiger partial charge is 0.379 e. The van der Waals surface area contributed by atoms with Gasteiger partial charge in [0.05, 0.1) is 16.2 Å². The number of halogens is 1. The highest BCUT2D eigenvalue weighted by Gasteiger charge is 2.21. The Hall–Kier alpha value is -2.93. The van der Waals surface area contributed by atoms with E-state index in [9.17, 15) is 0 Å². The molecule has 0 aliphatic heterocycles. The van der Waals surface area contributed by atoms with Gasteiger partial charge in [0.2, 0.25) is 0 Å². The SMILES string of the molecule is CCn1c(-c2nonc2N)nc2c(-c3ccccc3Cl)nccc21. The van der Waals surface area contributed by atoms with E-state index >= 15 is 0 Å². The number of fused-ring (bicyclic) bond motifs is 1. The molecule has 0 amide bonds. The summed E-state index contributed by atoms with van der Waals surface area (Å²) < 4.78 is 6.71. The molecule has 0 saturated heterocycles. The number of anilines is 1. The van der Waals surface area contributed by atoms with Crippen molar-refractivity contribution in [3.63, 3.8) is 0 Å². The van der Waals surface area contributed by atoms with Gasteiger partial charge in [-0.1, -0.05) is 29.8 Å². The van der Waals surface area contributed by atoms with E-state index in [0.29, 0.717) is 28.8 Å². The number of hydrogen-bond acceptors (Lipinski definition) is 6. The summed E-state index contributed by atoms with van der Waals surface area (Å²) in [6, 6.07) is 9.44. The molecule has 3 heterocycles. The van der Waals surface area contributed by atoms with Crippen LogP contribution in [0.3, 0.4) is 0 Å². The van der Waals surface area contributed by atoms with Crippen LogP contribution in [0.15, 0.2) is 41.2 Å². The van der Waals surface area contributed by atoms with Crippen LogP contribution in [-0.4, -0.2) is 24.8 Å². The number of aromatic nitrogens is 5. The quantitative estimate of drug-likeness (QED) is 0.614. The highest BCUT2D eigenvalue weighted by molar-refractivity contribution is 6.33. The number of imidazole rings is 1. The van der Waals surface area contributed by atoms with Crippen molar-refractivity contribution in [3.8, 4) is 22.8 Å². The Morgan fingerprint density at radius 1 is 1.17 bits per heavy atom. The van der Waals surface area contributed by atoms with Gasteiger partial charge in [-0.15, -0.1) is 0 Å². The van der Waals surface area contributed by atoms with Crippen LogP contribution in [0.1, 0.15) is 6.92 Å². The minimum absolute atomic E-state index is 0.201. The lowest BCUT2D eigenvalue weighted by atomic mass is 10.1. The monoisotopic (exact) mass is 340 g/mol. The number of rotatable bonds is 3. The summed E-state index contributed by atoms with van der Waals surface area (Å²) in [5.74, 6) is 0.791. The molecule has 0 aliphatic carbocycles. The molecular formula is C16H13ClN6O. The van der Waals surface area contributed by atoms with Crippen LogP contribution in [0.25, 0.3) is 33.8 Å². The minimum Gasteiger partial charge on any atom is -0.379 e. The molecule has 0 bridgehead atoms. The number of nitrogens with two attached hydrogens (primary N) is 1. The summed E-state index contributed by atoms with van der Waals surface area (Å²) in [4.78, 5) is 9.18. The average molecular weight is 341 g/mol. The highest BCUT2D eigenvalue weighted by Crippen LogP contribution is 2.34. The first-order chi connectivity index (χ1) is 11.7. The summed E-state index contributed by atoms with van der Waals surface area (Å²) in [6.45, 7) is 2.70. The zero-order valence-electron chi connectivity index (χ0n) is 12.8. The van der Waals surface area contributed by atoms with E-state index in [0.717, 1.165) is 16.6 Å². The van der Waals surface area contributed by atoms with Gasteiger partial charge in [0.25, 0.3) is 0 Å². The summed E-state index contributed by atoms with van der Waals surface area (Å²) in [5.41, 5.74) is 9.42. The van der Waals surface area contributed by atoms with Crippen molar-refractivity contribution in [2.24, 2.45) is 0 Å². The van der Waals surface area contributed by atoms with E-state index in [1.54, 1.807) is 6.20 Å². The van der Waals surface area contributed by atoms with Gasteiger partial charge in [0.1, 0.15) is 5.52 Å². The number of nitrogen functional groups attached to an aromatic ring is 1. The fourth-order valence-electron chi connectivity index (χ4n) is 2.75. The number of pyridine rings is 1. The summed E-state index contributed by atoms with van der Waals surface area (Å²) in [5, 5.41) is 8.12. The van der Waals surface area contributed by atoms with Crippen LogP contribution in [0, 0.1) is 0 Å². The van der Waals surface area contributed by atoms with E-state index in [2.05, 4.69) is 15.3 Å². The molecule has 0 spiro atoms. The Labute approximate surface area is 142 Å². The first-order valence-electron chi connectivity index (χ1n) is 7.39. The molecule has 0 atom stereocenters. The molecule has 4 rings (SSSR count). The van der Waals surface area contributed by atoms with Crippen molar-refractivity contribution in [2.75, 3.05) is 5.73 Å². The van der Waals surface area contributed by atoms with Crippen molar-refractivity contribution in [3.05, 3.63) is 41.6 Å². The topological polar surface area (TPSA) is 95.7 Å². The fraction of sp³-hybridized carbons (Fsp3) is 0.125. The van der Waals surface area contributed by atoms with Gasteiger partial charge in [0.15, 0.2) is 17.3 Å². The Bertz CT molecular complexity index is 1040. The molecule has 8 heteroatoms. The third-order valence-electron chi connectivity index (χ3n) is 3.84. The first-order valence-corrected chi connectivity index (χ1v) is 7.77. The molecule has 3 aromatic heterocycles. The second-order valence-electron chi connectivity index (χ2n) is 5.18. The molecule has 0 saturated carbocycles. The van der Waals surface area contributed by atoms with E-state index in [4.69, 9.17) is 26.9 Å². The average Bonchev–Trinajstić information content (AvgIpc) is 3.17. The van der Waals surface area contributed by atoms with E-state index in [1.165, 1.54) is 0 Å². The zero-order valence-corrected chi connectivity index (χ0v) is 13.5. The summed E-state index contributed by atoms with van der Waals surface area (Å²) in [6.07, 6.45) is 1.74. The van der Waals surface area contributed by atoms with Gasteiger partial charge in [-0.05, 0) is 29.4 Å². The summed E-state index contributed by atoms with van der Waals surface area (Å²) in [7, 11) is 0. The molecule has 0 radical (unpaired) electrons. The summed E-state index contributed by atoms with van der Waals surface area (Å²) >= 11 is 6.33. The molecule has 120 valence electrons. The minimum atomic E-state index is 0.201. The van der Waals surface area contributed by atoms with Gasteiger partial charge >= 0.3 is 0 Å². The van der Waals surface area contributed by atoms with Gasteiger partial charge in [0, 0.05) is 18.3 Å². The molecule has 1 aromatic carbocycles. The second-order valence-corrected chi connectivity index (χ2v) is 5.59. The van der Waals surface area contributed by atoms with E-state index < -0.39 is 0 Å². The molecule has 0 unspecified atom stereocenters. The van der Waals surface area contributed by atoms with Crippen molar-refractivity contribution in [2.45, 2.75) is 13.5 Å². The number of nitrogens with zero attached hydrogens (tertiary/aromatic N) is 5. The Morgan fingerprint density at radius 3 is 2.71 bits per heavy atom. The van der Waals surface area contributed by atoms with Crippen LogP contribution in [0.5, 0.6) is 0 Å². The molecular weight excluding hydrogens is 328 g/mol. The van der Waals surface area contributed by atoms with Crippen molar-refractivity contribution in [1.29, 1.82) is 0 Å². The lowest BCUT2D eigenvalue weighted by Gasteiger charge is -2.05. The first kappa shape index (κ1) is 14.6. The Balaban J connectivity index is 2.04. The van der Waals surface area contributed by atoms with E-state index in [-0.39, 0.29) is 5.82 Å². The lowest BCUT2D eigenvalue weighted by Crippen LogP contribution is -1.99. The standard InChI is InChI=1S/C16H13ClN6O/c1-2-23-11-7-8-19-12(9-5-3-4-6-10(9)17)13(11)20-16(23)14-15(18)22-24-21-14/h3-8H,2H2,1H3,(H2,18,22). The normalized spacial score (nSPS) is 11.2. The lowest BCUT2D eigenvalue weighted by molar-refractivity contribution is 0.310.